The molecule has 2 fully saturated rings. The van der Waals surface area contributed by atoms with Gasteiger partial charge in [-0.15, -0.1) is 0 Å². The largest absolute Gasteiger partial charge is 0.480 e. The molecule has 0 aliphatic carbocycles. The Kier molecular flexibility index (Phi) is 6.43. The van der Waals surface area contributed by atoms with E-state index in [9.17, 15) is 19.2 Å². The first kappa shape index (κ1) is 19.7. The third kappa shape index (κ3) is 4.32. The molecule has 0 aromatic carbocycles. The molecule has 0 aromatic heterocycles. The van der Waals surface area contributed by atoms with Crippen LogP contribution in [0.5, 0.6) is 0 Å². The molecule has 9 nitrogen and oxygen atoms in total. The Balaban J connectivity index is 2.15. The molecule has 1 unspecified atom stereocenters. The molecule has 0 spiro atoms. The second kappa shape index (κ2) is 8.17. The molecule has 2 amide bonds. The number of hydrogen-bond donors (Lipinski definition) is 2. The molecule has 2 rings (SSSR count). The Morgan fingerprint density at radius 1 is 1.40 bits per heavy atom. The molecule has 3 N–H and O–H groups in total. The molecular formula is C13H15N3O6S3. The highest BCUT2D eigenvalue weighted by Gasteiger charge is 2.40. The van der Waals surface area contributed by atoms with Gasteiger partial charge in [0.1, 0.15) is 15.8 Å². The van der Waals surface area contributed by atoms with E-state index in [2.05, 4.69) is 4.84 Å². The lowest BCUT2D eigenvalue weighted by molar-refractivity contribution is -0.149. The van der Waals surface area contributed by atoms with E-state index in [1.165, 1.54) is 4.90 Å². The Morgan fingerprint density at radius 3 is 2.68 bits per heavy atom. The SMILES string of the molecule is CC(CCN1C(=O)/C(=C2\SCC(=O)N2CC(=O)O)SC1=S)C(=O)ON. The van der Waals surface area contributed by atoms with Gasteiger partial charge in [-0.25, -0.2) is 0 Å². The maximum Gasteiger partial charge on any atom is 0.327 e. The lowest BCUT2D eigenvalue weighted by Crippen LogP contribution is -2.33. The molecule has 1 atom stereocenters. The van der Waals surface area contributed by atoms with Gasteiger partial charge < -0.3 is 9.94 Å². The van der Waals surface area contributed by atoms with E-state index in [-0.39, 0.29) is 27.4 Å². The van der Waals surface area contributed by atoms with Crippen LogP contribution in [0.25, 0.3) is 0 Å². The van der Waals surface area contributed by atoms with Gasteiger partial charge in [0, 0.05) is 6.54 Å². The fourth-order valence-electron chi connectivity index (χ4n) is 2.16. The van der Waals surface area contributed by atoms with E-state index in [4.69, 9.17) is 23.2 Å². The van der Waals surface area contributed by atoms with E-state index in [1.54, 1.807) is 6.92 Å². The summed E-state index contributed by atoms with van der Waals surface area (Å²) < 4.78 is 0.288. The van der Waals surface area contributed by atoms with E-state index in [0.29, 0.717) is 11.4 Å². The quantitative estimate of drug-likeness (QED) is 0.357. The van der Waals surface area contributed by atoms with Crippen molar-refractivity contribution in [3.8, 4) is 0 Å². The zero-order valence-electron chi connectivity index (χ0n) is 13.1. The highest BCUT2D eigenvalue weighted by Crippen LogP contribution is 2.41. The minimum Gasteiger partial charge on any atom is -0.480 e. The van der Waals surface area contributed by atoms with Gasteiger partial charge in [-0.05, 0) is 6.42 Å². The number of carboxylic acids is 1. The zero-order valence-corrected chi connectivity index (χ0v) is 15.5. The van der Waals surface area contributed by atoms with Crippen molar-refractivity contribution in [3.63, 3.8) is 0 Å². The van der Waals surface area contributed by atoms with Crippen LogP contribution in [0.3, 0.4) is 0 Å². The number of hydrogen-bond acceptors (Lipinski definition) is 9. The highest BCUT2D eigenvalue weighted by molar-refractivity contribution is 8.27. The number of thiocarbonyl (C=S) groups is 1. The number of aliphatic carboxylic acids is 1. The van der Waals surface area contributed by atoms with Crippen LogP contribution in [0.1, 0.15) is 13.3 Å². The van der Waals surface area contributed by atoms with Crippen LogP contribution in [0.15, 0.2) is 9.93 Å². The van der Waals surface area contributed by atoms with Gasteiger partial charge in [0.05, 0.1) is 16.7 Å². The number of nitrogens with two attached hydrogens (primary N) is 1. The summed E-state index contributed by atoms with van der Waals surface area (Å²) in [4.78, 5) is 53.5. The minimum atomic E-state index is -1.17. The molecule has 0 bridgehead atoms. The molecule has 12 heteroatoms. The average molecular weight is 405 g/mol. The fourth-order valence-corrected chi connectivity index (χ4v) is 4.70. The molecule has 0 saturated carbocycles. The van der Waals surface area contributed by atoms with Crippen LogP contribution in [0.4, 0.5) is 0 Å². The number of rotatable bonds is 6. The van der Waals surface area contributed by atoms with Crippen LogP contribution >= 0.6 is 35.7 Å². The second-order valence-electron chi connectivity index (χ2n) is 5.25. The first-order chi connectivity index (χ1) is 11.8. The van der Waals surface area contributed by atoms with Crippen LogP contribution in [-0.4, -0.2) is 61.8 Å². The Bertz CT molecular complexity index is 680. The van der Waals surface area contributed by atoms with Gasteiger partial charge in [-0.2, -0.15) is 5.90 Å². The van der Waals surface area contributed by atoms with E-state index in [0.717, 1.165) is 28.4 Å². The van der Waals surface area contributed by atoms with Crippen molar-refractivity contribution in [1.29, 1.82) is 0 Å². The summed E-state index contributed by atoms with van der Waals surface area (Å²) >= 11 is 7.33. The topological polar surface area (TPSA) is 130 Å². The van der Waals surface area contributed by atoms with Crippen molar-refractivity contribution >= 4 is 63.8 Å². The Morgan fingerprint density at radius 2 is 2.08 bits per heavy atom. The third-order valence-corrected chi connectivity index (χ3v) is 6.18. The van der Waals surface area contributed by atoms with Crippen molar-refractivity contribution in [3.05, 3.63) is 9.93 Å². The Labute approximate surface area is 156 Å². The van der Waals surface area contributed by atoms with Crippen LogP contribution in [-0.2, 0) is 24.0 Å². The predicted octanol–water partition coefficient (Wildman–Crippen LogP) is 0.119. The second-order valence-corrected chi connectivity index (χ2v) is 7.86. The summed E-state index contributed by atoms with van der Waals surface area (Å²) in [6.45, 7) is 1.30. The summed E-state index contributed by atoms with van der Waals surface area (Å²) in [7, 11) is 0. The summed E-state index contributed by atoms with van der Waals surface area (Å²) in [6.07, 6.45) is 0.302. The van der Waals surface area contributed by atoms with Crippen molar-refractivity contribution < 1.29 is 29.1 Å². The lowest BCUT2D eigenvalue weighted by atomic mass is 10.1. The maximum absolute atomic E-state index is 12.6. The van der Waals surface area contributed by atoms with Crippen molar-refractivity contribution in [1.82, 2.24) is 9.80 Å². The van der Waals surface area contributed by atoms with Gasteiger partial charge >= 0.3 is 11.9 Å². The highest BCUT2D eigenvalue weighted by atomic mass is 32.2. The van der Waals surface area contributed by atoms with Gasteiger partial charge in [0.25, 0.3) is 5.91 Å². The van der Waals surface area contributed by atoms with Gasteiger partial charge in [0.15, 0.2) is 0 Å². The summed E-state index contributed by atoms with van der Waals surface area (Å²) in [5, 5.41) is 9.24. The molecule has 2 aliphatic rings. The van der Waals surface area contributed by atoms with Gasteiger partial charge in [0.2, 0.25) is 5.91 Å². The first-order valence-electron chi connectivity index (χ1n) is 7.09. The molecule has 2 aliphatic heterocycles. The van der Waals surface area contributed by atoms with Crippen molar-refractivity contribution in [2.45, 2.75) is 13.3 Å². The molecule has 0 aromatic rings. The predicted molar refractivity (Wildman–Crippen MR) is 94.8 cm³/mol. The van der Waals surface area contributed by atoms with Gasteiger partial charge in [-0.1, -0.05) is 42.7 Å². The molecule has 25 heavy (non-hydrogen) atoms. The molecular weight excluding hydrogens is 390 g/mol. The molecule has 2 saturated heterocycles. The lowest BCUT2D eigenvalue weighted by Gasteiger charge is -2.17. The van der Waals surface area contributed by atoms with Crippen LogP contribution in [0, 0.1) is 5.92 Å². The fraction of sp³-hybridized carbons (Fsp3) is 0.462. The van der Waals surface area contributed by atoms with E-state index < -0.39 is 30.3 Å². The standard InChI is InChI=1S/C13H15N3O6S3/c1-6(12(21)22-14)2-3-15-10(20)9(25-13(15)23)11-16(4-8(18)19)7(17)5-24-11/h6H,2-5,14H2,1H3,(H,18,19)/b11-9+. The number of carbonyl (C=O) groups excluding carboxylic acids is 3. The number of amides is 2. The number of nitrogens with zero attached hydrogens (tertiary/aromatic N) is 2. The summed E-state index contributed by atoms with van der Waals surface area (Å²) in [5.41, 5.74) is 0. The Hall–Kier alpha value is -1.63. The van der Waals surface area contributed by atoms with Crippen LogP contribution in [0.2, 0.25) is 0 Å². The van der Waals surface area contributed by atoms with Crippen molar-refractivity contribution in [2.24, 2.45) is 11.8 Å². The summed E-state index contributed by atoms with van der Waals surface area (Å²) in [6, 6.07) is 0. The van der Waals surface area contributed by atoms with E-state index >= 15 is 0 Å². The van der Waals surface area contributed by atoms with Gasteiger partial charge in [-0.3, -0.25) is 29.0 Å². The third-order valence-electron chi connectivity index (χ3n) is 3.52. The minimum absolute atomic E-state index is 0.0755. The van der Waals surface area contributed by atoms with E-state index in [1.807, 2.05) is 0 Å². The monoisotopic (exact) mass is 405 g/mol. The molecule has 0 radical (unpaired) electrons. The number of thioether (sulfide) groups is 2. The number of carbonyl (C=O) groups is 4. The number of carboxylic acid groups (broad SMARTS) is 1. The summed E-state index contributed by atoms with van der Waals surface area (Å²) in [5.74, 6) is 1.86. The first-order valence-corrected chi connectivity index (χ1v) is 9.30. The smallest absolute Gasteiger partial charge is 0.327 e. The maximum atomic E-state index is 12.6. The molecule has 2 heterocycles. The average Bonchev–Trinajstić information content (AvgIpc) is 3.04. The normalized spacial score (nSPS) is 21.9. The van der Waals surface area contributed by atoms with Crippen molar-refractivity contribution in [2.75, 3.05) is 18.8 Å². The molecule has 136 valence electrons. The van der Waals surface area contributed by atoms with Crippen LogP contribution < -0.4 is 5.90 Å². The zero-order chi connectivity index (χ0) is 18.7.